The molecule has 3 N–H and O–H groups in total. The van der Waals surface area contributed by atoms with Crippen molar-refractivity contribution in [2.45, 2.75) is 13.3 Å². The van der Waals surface area contributed by atoms with Crippen LogP contribution < -0.4 is 11.1 Å². The highest BCUT2D eigenvalue weighted by Gasteiger charge is 1.97. The fourth-order valence-corrected chi connectivity index (χ4v) is 0.937. The molecule has 0 unspecified atom stereocenters. The number of carbonyl (C=O) groups is 1. The Hall–Kier alpha value is -0.220. The maximum Gasteiger partial charge on any atom is 0.279 e. The van der Waals surface area contributed by atoms with Crippen molar-refractivity contribution in [2.24, 2.45) is 5.73 Å². The molecule has 1 amide bonds. The number of carbonyl (C=O) groups excluding carboxylic acids is 1. The quantitative estimate of drug-likeness (QED) is 0.643. The smallest absolute Gasteiger partial charge is 0.279 e. The summed E-state index contributed by atoms with van der Waals surface area (Å²) in [6, 6.07) is 0. The molecule has 3 nitrogen and oxygen atoms in total. The van der Waals surface area contributed by atoms with E-state index in [4.69, 9.17) is 5.73 Å². The van der Waals surface area contributed by atoms with Crippen molar-refractivity contribution in [3.63, 3.8) is 0 Å². The average molecular weight is 162 g/mol. The van der Waals surface area contributed by atoms with E-state index in [1.54, 1.807) is 0 Å². The minimum Gasteiger partial charge on any atom is -0.347 e. The largest absolute Gasteiger partial charge is 0.347 e. The molecule has 4 heteroatoms. The first-order chi connectivity index (χ1) is 4.81. The zero-order valence-corrected chi connectivity index (χ0v) is 7.04. The fraction of sp³-hybridized carbons (Fsp3) is 0.833. The monoisotopic (exact) mass is 162 g/mol. The summed E-state index contributed by atoms with van der Waals surface area (Å²) in [6.45, 7) is 3.34. The Morgan fingerprint density at radius 1 is 1.70 bits per heavy atom. The molecule has 0 aromatic heterocycles. The molecule has 60 valence electrons. The molecular formula is C6H14N2OS. The molecule has 0 aromatic carbocycles. The highest BCUT2D eigenvalue weighted by Crippen LogP contribution is 1.98. The van der Waals surface area contributed by atoms with Crippen molar-refractivity contribution in [2.75, 3.05) is 18.8 Å². The van der Waals surface area contributed by atoms with Gasteiger partial charge >= 0.3 is 0 Å². The Morgan fingerprint density at radius 3 is 2.90 bits per heavy atom. The Bertz CT molecular complexity index is 87.7. The van der Waals surface area contributed by atoms with E-state index in [0.717, 1.165) is 13.0 Å². The van der Waals surface area contributed by atoms with E-state index in [0.29, 0.717) is 12.3 Å². The van der Waals surface area contributed by atoms with E-state index < -0.39 is 0 Å². The SMILES string of the molecule is CCCNC(=O)SCCN. The molecule has 0 aliphatic rings. The van der Waals surface area contributed by atoms with Crippen molar-refractivity contribution in [1.29, 1.82) is 0 Å². The van der Waals surface area contributed by atoms with Gasteiger partial charge in [0.1, 0.15) is 0 Å². The van der Waals surface area contributed by atoms with Gasteiger partial charge in [0.05, 0.1) is 0 Å². The third-order valence-electron chi connectivity index (χ3n) is 0.870. The number of hydrogen-bond donors (Lipinski definition) is 2. The lowest BCUT2D eigenvalue weighted by molar-refractivity contribution is 0.260. The maximum atomic E-state index is 10.8. The number of thioether (sulfide) groups is 1. The number of nitrogens with one attached hydrogen (secondary N) is 1. The van der Waals surface area contributed by atoms with Crippen LogP contribution in [0.4, 0.5) is 4.79 Å². The van der Waals surface area contributed by atoms with Gasteiger partial charge in [-0.1, -0.05) is 18.7 Å². The van der Waals surface area contributed by atoms with E-state index >= 15 is 0 Å². The van der Waals surface area contributed by atoms with E-state index in [9.17, 15) is 4.79 Å². The molecule has 10 heavy (non-hydrogen) atoms. The minimum absolute atomic E-state index is 0.0345. The highest BCUT2D eigenvalue weighted by atomic mass is 32.2. The van der Waals surface area contributed by atoms with Gasteiger partial charge in [-0.2, -0.15) is 0 Å². The maximum absolute atomic E-state index is 10.8. The Kier molecular flexibility index (Phi) is 6.74. The van der Waals surface area contributed by atoms with Crippen LogP contribution in [0.5, 0.6) is 0 Å². The number of amides is 1. The molecule has 0 heterocycles. The molecule has 0 atom stereocenters. The molecule has 0 saturated carbocycles. The normalized spacial score (nSPS) is 9.40. The van der Waals surface area contributed by atoms with Gasteiger partial charge in [0, 0.05) is 18.8 Å². The Labute approximate surface area is 65.7 Å². The molecule has 0 aromatic rings. The predicted octanol–water partition coefficient (Wildman–Crippen LogP) is 0.798. The molecule has 0 fully saturated rings. The van der Waals surface area contributed by atoms with Crippen LogP contribution in [0, 0.1) is 0 Å². The van der Waals surface area contributed by atoms with Gasteiger partial charge in [-0.05, 0) is 6.42 Å². The van der Waals surface area contributed by atoms with Crippen LogP contribution in [-0.2, 0) is 0 Å². The first kappa shape index (κ1) is 9.78. The van der Waals surface area contributed by atoms with Gasteiger partial charge < -0.3 is 11.1 Å². The second-order valence-corrected chi connectivity index (χ2v) is 2.92. The lowest BCUT2D eigenvalue weighted by atomic mass is 10.5. The Balaban J connectivity index is 3.09. The van der Waals surface area contributed by atoms with E-state index in [2.05, 4.69) is 5.32 Å². The highest BCUT2D eigenvalue weighted by molar-refractivity contribution is 8.13. The minimum atomic E-state index is 0.0345. The fourth-order valence-electron chi connectivity index (χ4n) is 0.430. The van der Waals surface area contributed by atoms with Crippen LogP contribution in [-0.4, -0.2) is 24.1 Å². The van der Waals surface area contributed by atoms with Crippen LogP contribution in [0.2, 0.25) is 0 Å². The van der Waals surface area contributed by atoms with Crippen LogP contribution >= 0.6 is 11.8 Å². The van der Waals surface area contributed by atoms with Gasteiger partial charge in [0.2, 0.25) is 0 Å². The summed E-state index contributed by atoms with van der Waals surface area (Å²) >= 11 is 1.24. The zero-order chi connectivity index (χ0) is 7.82. The average Bonchev–Trinajstić information content (AvgIpc) is 1.97. The summed E-state index contributed by atoms with van der Waals surface area (Å²) in [5, 5.41) is 2.77. The molecule has 0 rings (SSSR count). The van der Waals surface area contributed by atoms with Crippen molar-refractivity contribution < 1.29 is 4.79 Å². The summed E-state index contributed by atoms with van der Waals surface area (Å²) in [4.78, 5) is 10.8. The van der Waals surface area contributed by atoms with Crippen LogP contribution in [0.3, 0.4) is 0 Å². The van der Waals surface area contributed by atoms with Crippen LogP contribution in [0.15, 0.2) is 0 Å². The van der Waals surface area contributed by atoms with Crippen molar-refractivity contribution in [3.05, 3.63) is 0 Å². The van der Waals surface area contributed by atoms with Crippen molar-refractivity contribution in [3.8, 4) is 0 Å². The van der Waals surface area contributed by atoms with Gasteiger partial charge in [-0.25, -0.2) is 0 Å². The van der Waals surface area contributed by atoms with Gasteiger partial charge in [0.15, 0.2) is 0 Å². The lowest BCUT2D eigenvalue weighted by Gasteiger charge is -1.99. The third kappa shape index (κ3) is 5.91. The van der Waals surface area contributed by atoms with E-state index in [-0.39, 0.29) is 5.24 Å². The second kappa shape index (κ2) is 6.89. The van der Waals surface area contributed by atoms with E-state index in [1.807, 2.05) is 6.92 Å². The van der Waals surface area contributed by atoms with Crippen LogP contribution in [0.25, 0.3) is 0 Å². The van der Waals surface area contributed by atoms with Crippen molar-refractivity contribution in [1.82, 2.24) is 5.32 Å². The molecule has 0 aliphatic heterocycles. The molecule has 0 spiro atoms. The molecule has 0 aliphatic carbocycles. The molecule has 0 radical (unpaired) electrons. The predicted molar refractivity (Wildman–Crippen MR) is 45.2 cm³/mol. The number of rotatable bonds is 4. The first-order valence-electron chi connectivity index (χ1n) is 3.42. The summed E-state index contributed by atoms with van der Waals surface area (Å²) in [5.74, 6) is 0.704. The summed E-state index contributed by atoms with van der Waals surface area (Å²) < 4.78 is 0. The van der Waals surface area contributed by atoms with Gasteiger partial charge in [-0.15, -0.1) is 0 Å². The Morgan fingerprint density at radius 2 is 2.40 bits per heavy atom. The summed E-state index contributed by atoms with van der Waals surface area (Å²) in [6.07, 6.45) is 0.981. The lowest BCUT2D eigenvalue weighted by Crippen LogP contribution is -2.20. The second-order valence-electron chi connectivity index (χ2n) is 1.85. The zero-order valence-electron chi connectivity index (χ0n) is 6.22. The first-order valence-corrected chi connectivity index (χ1v) is 4.40. The molecule has 0 saturated heterocycles. The van der Waals surface area contributed by atoms with Gasteiger partial charge in [-0.3, -0.25) is 4.79 Å². The van der Waals surface area contributed by atoms with Gasteiger partial charge in [0.25, 0.3) is 5.24 Å². The van der Waals surface area contributed by atoms with Crippen molar-refractivity contribution >= 4 is 17.0 Å². The third-order valence-corrected chi connectivity index (χ3v) is 1.72. The number of hydrogen-bond acceptors (Lipinski definition) is 3. The molecular weight excluding hydrogens is 148 g/mol. The van der Waals surface area contributed by atoms with E-state index in [1.165, 1.54) is 11.8 Å². The number of nitrogens with two attached hydrogens (primary N) is 1. The standard InChI is InChI=1S/C6H14N2OS/c1-2-4-8-6(9)10-5-3-7/h2-5,7H2,1H3,(H,8,9). The summed E-state index contributed by atoms with van der Waals surface area (Å²) in [5.41, 5.74) is 5.20. The molecule has 0 bridgehead atoms. The topological polar surface area (TPSA) is 55.1 Å². The van der Waals surface area contributed by atoms with Crippen LogP contribution in [0.1, 0.15) is 13.3 Å². The summed E-state index contributed by atoms with van der Waals surface area (Å²) in [7, 11) is 0.